The number of hydrogen-bond donors (Lipinski definition) is 3. The summed E-state index contributed by atoms with van der Waals surface area (Å²) in [5, 5.41) is 8.92. The highest BCUT2D eigenvalue weighted by molar-refractivity contribution is 5.96. The van der Waals surface area contributed by atoms with E-state index < -0.39 is 0 Å². The lowest BCUT2D eigenvalue weighted by Crippen LogP contribution is -2.25. The predicted molar refractivity (Wildman–Crippen MR) is 100.0 cm³/mol. The van der Waals surface area contributed by atoms with Gasteiger partial charge in [0.2, 0.25) is 5.91 Å². The highest BCUT2D eigenvalue weighted by atomic mass is 16.2. The van der Waals surface area contributed by atoms with Gasteiger partial charge in [-0.15, -0.1) is 0 Å². The second-order valence-corrected chi connectivity index (χ2v) is 6.55. The predicted octanol–water partition coefficient (Wildman–Crippen LogP) is 3.25. The maximum absolute atomic E-state index is 12.1. The summed E-state index contributed by atoms with van der Waals surface area (Å²) in [5.74, 6) is -0.149. The third-order valence-corrected chi connectivity index (χ3v) is 4.17. The van der Waals surface area contributed by atoms with Crippen LogP contribution in [-0.2, 0) is 4.79 Å². The van der Waals surface area contributed by atoms with Gasteiger partial charge in [0, 0.05) is 23.0 Å². The van der Waals surface area contributed by atoms with Crippen LogP contribution in [0.3, 0.4) is 0 Å². The van der Waals surface area contributed by atoms with Crippen molar-refractivity contribution in [2.24, 2.45) is 0 Å². The SMILES string of the molecule is Cc1ccc(NC(=O)CNc2ccc(C(=O)NC3CC3)cc2)c(C)c1. The van der Waals surface area contributed by atoms with Crippen LogP contribution in [0.2, 0.25) is 0 Å². The smallest absolute Gasteiger partial charge is 0.251 e. The summed E-state index contributed by atoms with van der Waals surface area (Å²) in [5.41, 5.74) is 4.47. The Balaban J connectivity index is 1.50. The molecule has 0 saturated heterocycles. The van der Waals surface area contributed by atoms with Crippen LogP contribution >= 0.6 is 0 Å². The second-order valence-electron chi connectivity index (χ2n) is 6.55. The quantitative estimate of drug-likeness (QED) is 0.758. The number of aryl methyl sites for hydroxylation is 2. The minimum atomic E-state index is -0.109. The summed E-state index contributed by atoms with van der Waals surface area (Å²) in [6, 6.07) is 13.4. The van der Waals surface area contributed by atoms with Crippen molar-refractivity contribution >= 4 is 23.2 Å². The van der Waals surface area contributed by atoms with Gasteiger partial charge in [-0.1, -0.05) is 17.7 Å². The van der Waals surface area contributed by atoms with Crippen LogP contribution in [0.15, 0.2) is 42.5 Å². The fourth-order valence-electron chi connectivity index (χ4n) is 2.57. The summed E-state index contributed by atoms with van der Waals surface area (Å²) >= 11 is 0. The molecule has 0 spiro atoms. The fourth-order valence-corrected chi connectivity index (χ4v) is 2.57. The van der Waals surface area contributed by atoms with E-state index in [1.54, 1.807) is 12.1 Å². The Morgan fingerprint density at radius 2 is 1.76 bits per heavy atom. The van der Waals surface area contributed by atoms with Gasteiger partial charge in [-0.05, 0) is 62.6 Å². The molecule has 5 heteroatoms. The van der Waals surface area contributed by atoms with Crippen LogP contribution < -0.4 is 16.0 Å². The molecule has 1 aliphatic rings. The van der Waals surface area contributed by atoms with Gasteiger partial charge >= 0.3 is 0 Å². The van der Waals surface area contributed by atoms with E-state index >= 15 is 0 Å². The molecule has 1 aliphatic carbocycles. The third kappa shape index (κ3) is 4.83. The summed E-state index contributed by atoms with van der Waals surface area (Å²) in [7, 11) is 0. The van der Waals surface area contributed by atoms with E-state index in [0.717, 1.165) is 29.8 Å². The Bertz CT molecular complexity index is 780. The number of amides is 2. The Morgan fingerprint density at radius 3 is 2.40 bits per heavy atom. The molecule has 2 amide bonds. The number of benzene rings is 2. The Kier molecular flexibility index (Phi) is 5.03. The molecule has 0 aromatic heterocycles. The minimum absolute atomic E-state index is 0.0401. The maximum atomic E-state index is 12.1. The summed E-state index contributed by atoms with van der Waals surface area (Å²) in [6.07, 6.45) is 2.14. The molecule has 1 fully saturated rings. The van der Waals surface area contributed by atoms with Crippen LogP contribution in [0.25, 0.3) is 0 Å². The first kappa shape index (κ1) is 17.0. The van der Waals surface area contributed by atoms with E-state index in [1.165, 1.54) is 5.56 Å². The van der Waals surface area contributed by atoms with Gasteiger partial charge in [-0.2, -0.15) is 0 Å². The number of rotatable bonds is 6. The molecule has 0 atom stereocenters. The number of carbonyl (C=O) groups is 2. The van der Waals surface area contributed by atoms with Crippen molar-refractivity contribution in [2.45, 2.75) is 32.7 Å². The molecule has 0 unspecified atom stereocenters. The highest BCUT2D eigenvalue weighted by Gasteiger charge is 2.23. The zero-order valence-corrected chi connectivity index (χ0v) is 14.6. The van der Waals surface area contributed by atoms with Crippen molar-refractivity contribution in [1.82, 2.24) is 5.32 Å². The van der Waals surface area contributed by atoms with Gasteiger partial charge in [0.15, 0.2) is 0 Å². The third-order valence-electron chi connectivity index (χ3n) is 4.17. The van der Waals surface area contributed by atoms with Gasteiger partial charge < -0.3 is 16.0 Å². The monoisotopic (exact) mass is 337 g/mol. The van der Waals surface area contributed by atoms with E-state index in [2.05, 4.69) is 16.0 Å². The summed E-state index contributed by atoms with van der Waals surface area (Å²) in [6.45, 7) is 4.16. The van der Waals surface area contributed by atoms with Crippen LogP contribution in [0.4, 0.5) is 11.4 Å². The number of anilines is 2. The fraction of sp³-hybridized carbons (Fsp3) is 0.300. The Labute approximate surface area is 147 Å². The van der Waals surface area contributed by atoms with E-state index in [4.69, 9.17) is 0 Å². The number of carbonyl (C=O) groups excluding carboxylic acids is 2. The van der Waals surface area contributed by atoms with Crippen LogP contribution in [0, 0.1) is 13.8 Å². The van der Waals surface area contributed by atoms with Crippen molar-refractivity contribution < 1.29 is 9.59 Å². The van der Waals surface area contributed by atoms with E-state index in [9.17, 15) is 9.59 Å². The van der Waals surface area contributed by atoms with Crippen molar-refractivity contribution in [2.75, 3.05) is 17.2 Å². The molecule has 0 bridgehead atoms. The zero-order valence-electron chi connectivity index (χ0n) is 14.6. The van der Waals surface area contributed by atoms with Crippen LogP contribution in [-0.4, -0.2) is 24.4 Å². The average molecular weight is 337 g/mol. The van der Waals surface area contributed by atoms with Gasteiger partial charge in [-0.3, -0.25) is 9.59 Å². The lowest BCUT2D eigenvalue weighted by Gasteiger charge is -2.11. The standard InChI is InChI=1S/C20H23N3O2/c1-13-3-10-18(14(2)11-13)23-19(24)12-21-16-6-4-15(5-7-16)20(25)22-17-8-9-17/h3-7,10-11,17,21H,8-9,12H2,1-2H3,(H,22,25)(H,23,24). The topological polar surface area (TPSA) is 70.2 Å². The minimum Gasteiger partial charge on any atom is -0.376 e. The molecule has 25 heavy (non-hydrogen) atoms. The average Bonchev–Trinajstić information content (AvgIpc) is 3.40. The van der Waals surface area contributed by atoms with Gasteiger partial charge in [-0.25, -0.2) is 0 Å². The van der Waals surface area contributed by atoms with Crippen molar-refractivity contribution in [3.8, 4) is 0 Å². The largest absolute Gasteiger partial charge is 0.376 e. The van der Waals surface area contributed by atoms with Gasteiger partial charge in [0.1, 0.15) is 0 Å². The molecule has 2 aromatic rings. The Morgan fingerprint density at radius 1 is 1.04 bits per heavy atom. The molecular formula is C20H23N3O2. The molecule has 0 aliphatic heterocycles. The van der Waals surface area contributed by atoms with Gasteiger partial charge in [0.25, 0.3) is 5.91 Å². The first-order valence-corrected chi connectivity index (χ1v) is 8.53. The maximum Gasteiger partial charge on any atom is 0.251 e. The first-order chi connectivity index (χ1) is 12.0. The van der Waals surface area contributed by atoms with Crippen molar-refractivity contribution in [3.05, 3.63) is 59.2 Å². The number of hydrogen-bond acceptors (Lipinski definition) is 3. The van der Waals surface area contributed by atoms with E-state index in [1.807, 2.05) is 44.2 Å². The molecule has 1 saturated carbocycles. The summed E-state index contributed by atoms with van der Waals surface area (Å²) < 4.78 is 0. The van der Waals surface area contributed by atoms with E-state index in [0.29, 0.717) is 11.6 Å². The lowest BCUT2D eigenvalue weighted by atomic mass is 10.1. The second kappa shape index (κ2) is 7.38. The first-order valence-electron chi connectivity index (χ1n) is 8.53. The normalized spacial score (nSPS) is 13.2. The van der Waals surface area contributed by atoms with Crippen LogP contribution in [0.1, 0.15) is 34.3 Å². The molecule has 0 heterocycles. The lowest BCUT2D eigenvalue weighted by molar-refractivity contribution is -0.114. The molecule has 3 N–H and O–H groups in total. The number of nitrogens with one attached hydrogen (secondary N) is 3. The molecule has 0 radical (unpaired) electrons. The van der Waals surface area contributed by atoms with Crippen LogP contribution in [0.5, 0.6) is 0 Å². The molecule has 3 rings (SSSR count). The zero-order chi connectivity index (χ0) is 17.8. The van der Waals surface area contributed by atoms with E-state index in [-0.39, 0.29) is 18.4 Å². The Hall–Kier alpha value is -2.82. The van der Waals surface area contributed by atoms with Crippen molar-refractivity contribution in [3.63, 3.8) is 0 Å². The highest BCUT2D eigenvalue weighted by Crippen LogP contribution is 2.20. The van der Waals surface area contributed by atoms with Crippen molar-refractivity contribution in [1.29, 1.82) is 0 Å². The summed E-state index contributed by atoms with van der Waals surface area (Å²) in [4.78, 5) is 24.0. The molecule has 2 aromatic carbocycles. The molecule has 5 nitrogen and oxygen atoms in total. The molecule has 130 valence electrons. The molecular weight excluding hydrogens is 314 g/mol. The van der Waals surface area contributed by atoms with Gasteiger partial charge in [0.05, 0.1) is 6.54 Å².